The molecule has 0 spiro atoms. The van der Waals surface area contributed by atoms with Crippen LogP contribution in [-0.4, -0.2) is 44.2 Å². The predicted molar refractivity (Wildman–Crippen MR) is 88.4 cm³/mol. The van der Waals surface area contributed by atoms with E-state index in [0.29, 0.717) is 5.92 Å². The van der Waals surface area contributed by atoms with E-state index in [2.05, 4.69) is 44.5 Å². The van der Waals surface area contributed by atoms with Crippen molar-refractivity contribution in [1.29, 1.82) is 0 Å². The van der Waals surface area contributed by atoms with Crippen molar-refractivity contribution in [2.24, 2.45) is 10.9 Å². The van der Waals surface area contributed by atoms with E-state index >= 15 is 0 Å². The van der Waals surface area contributed by atoms with Crippen LogP contribution >= 0.6 is 27.3 Å². The molecule has 2 rings (SSSR count). The van der Waals surface area contributed by atoms with Crippen LogP contribution in [0.3, 0.4) is 0 Å². The summed E-state index contributed by atoms with van der Waals surface area (Å²) in [5, 5.41) is 5.54. The Bertz CT molecular complexity index is 449. The molecule has 0 saturated carbocycles. The molecule has 0 aliphatic carbocycles. The van der Waals surface area contributed by atoms with Crippen LogP contribution in [-0.2, 0) is 11.3 Å². The molecule has 20 heavy (non-hydrogen) atoms. The SMILES string of the molecule is CCNC(=NCc1csc(Br)c1)N1CCC(COC)C1. The Morgan fingerprint density at radius 2 is 2.50 bits per heavy atom. The molecule has 1 unspecified atom stereocenters. The van der Waals surface area contributed by atoms with Crippen molar-refractivity contribution in [2.45, 2.75) is 19.9 Å². The summed E-state index contributed by atoms with van der Waals surface area (Å²) in [4.78, 5) is 7.09. The Morgan fingerprint density at radius 3 is 3.15 bits per heavy atom. The van der Waals surface area contributed by atoms with Gasteiger partial charge in [0.05, 0.1) is 16.9 Å². The number of thiophene rings is 1. The van der Waals surface area contributed by atoms with E-state index in [1.807, 2.05) is 0 Å². The van der Waals surface area contributed by atoms with Crippen LogP contribution in [0.1, 0.15) is 18.9 Å². The van der Waals surface area contributed by atoms with Crippen LogP contribution in [0.5, 0.6) is 0 Å². The first-order valence-electron chi connectivity index (χ1n) is 6.98. The average Bonchev–Trinajstić information content (AvgIpc) is 3.04. The van der Waals surface area contributed by atoms with Crippen molar-refractivity contribution >= 4 is 33.2 Å². The van der Waals surface area contributed by atoms with E-state index in [9.17, 15) is 0 Å². The Labute approximate surface area is 133 Å². The Kier molecular flexibility index (Phi) is 6.32. The van der Waals surface area contributed by atoms with E-state index < -0.39 is 0 Å². The van der Waals surface area contributed by atoms with Crippen molar-refractivity contribution < 1.29 is 4.74 Å². The van der Waals surface area contributed by atoms with Crippen molar-refractivity contribution in [3.63, 3.8) is 0 Å². The molecule has 0 bridgehead atoms. The number of aliphatic imine (C=N–C) groups is 1. The summed E-state index contributed by atoms with van der Waals surface area (Å²) in [7, 11) is 1.77. The number of nitrogens with zero attached hydrogens (tertiary/aromatic N) is 2. The van der Waals surface area contributed by atoms with Crippen LogP contribution in [0.2, 0.25) is 0 Å². The summed E-state index contributed by atoms with van der Waals surface area (Å²) >= 11 is 5.20. The summed E-state index contributed by atoms with van der Waals surface area (Å²) in [6.07, 6.45) is 1.18. The van der Waals surface area contributed by atoms with Gasteiger partial charge in [0.1, 0.15) is 0 Å². The van der Waals surface area contributed by atoms with E-state index in [1.54, 1.807) is 18.4 Å². The minimum absolute atomic E-state index is 0.624. The molecule has 1 aromatic rings. The molecule has 1 aliphatic heterocycles. The van der Waals surface area contributed by atoms with Crippen LogP contribution in [0.4, 0.5) is 0 Å². The second-order valence-electron chi connectivity index (χ2n) is 4.99. The average molecular weight is 360 g/mol. The highest BCUT2D eigenvalue weighted by atomic mass is 79.9. The number of halogens is 1. The molecular weight excluding hydrogens is 338 g/mol. The fraction of sp³-hybridized carbons (Fsp3) is 0.643. The Hall–Kier alpha value is -0.590. The molecule has 0 aromatic carbocycles. The zero-order valence-corrected chi connectivity index (χ0v) is 14.5. The molecule has 1 aliphatic rings. The van der Waals surface area contributed by atoms with Gasteiger partial charge in [-0.25, -0.2) is 4.99 Å². The fourth-order valence-electron chi connectivity index (χ4n) is 2.42. The molecule has 0 radical (unpaired) electrons. The van der Waals surface area contributed by atoms with Crippen LogP contribution < -0.4 is 5.32 Å². The van der Waals surface area contributed by atoms with Crippen LogP contribution in [0, 0.1) is 5.92 Å². The second-order valence-corrected chi connectivity index (χ2v) is 7.28. The van der Waals surface area contributed by atoms with Gasteiger partial charge < -0.3 is 15.0 Å². The largest absolute Gasteiger partial charge is 0.384 e. The van der Waals surface area contributed by atoms with Gasteiger partial charge in [-0.3, -0.25) is 0 Å². The quantitative estimate of drug-likeness (QED) is 0.648. The van der Waals surface area contributed by atoms with Crippen LogP contribution in [0.25, 0.3) is 0 Å². The van der Waals surface area contributed by atoms with Crippen molar-refractivity contribution in [2.75, 3.05) is 33.4 Å². The molecule has 6 heteroatoms. The zero-order chi connectivity index (χ0) is 14.4. The molecular formula is C14H22BrN3OS. The third-order valence-corrected chi connectivity index (χ3v) is 4.91. The van der Waals surface area contributed by atoms with Gasteiger partial charge in [0.15, 0.2) is 5.96 Å². The van der Waals surface area contributed by atoms with E-state index in [4.69, 9.17) is 9.73 Å². The van der Waals surface area contributed by atoms with Gasteiger partial charge in [0, 0.05) is 32.7 Å². The summed E-state index contributed by atoms with van der Waals surface area (Å²) in [5.74, 6) is 1.65. The van der Waals surface area contributed by atoms with Gasteiger partial charge >= 0.3 is 0 Å². The summed E-state index contributed by atoms with van der Waals surface area (Å²) < 4.78 is 6.42. The van der Waals surface area contributed by atoms with E-state index in [-0.39, 0.29) is 0 Å². The molecule has 1 atom stereocenters. The first-order chi connectivity index (χ1) is 9.72. The molecule has 1 aromatic heterocycles. The molecule has 1 fully saturated rings. The molecule has 112 valence electrons. The maximum absolute atomic E-state index is 5.26. The lowest BCUT2D eigenvalue weighted by Gasteiger charge is -2.21. The highest BCUT2D eigenvalue weighted by Gasteiger charge is 2.24. The number of nitrogens with one attached hydrogen (secondary N) is 1. The number of methoxy groups -OCH3 is 1. The number of hydrogen-bond donors (Lipinski definition) is 1. The number of ether oxygens (including phenoxy) is 1. The highest BCUT2D eigenvalue weighted by molar-refractivity contribution is 9.11. The van der Waals surface area contributed by atoms with Crippen molar-refractivity contribution in [3.8, 4) is 0 Å². The third-order valence-electron chi connectivity index (χ3n) is 3.36. The number of guanidine groups is 1. The standard InChI is InChI=1S/C14H22BrN3OS/c1-3-16-14(17-7-12-6-13(15)20-10-12)18-5-4-11(8-18)9-19-2/h6,10-11H,3-5,7-9H2,1-2H3,(H,16,17). The lowest BCUT2D eigenvalue weighted by molar-refractivity contribution is 0.157. The van der Waals surface area contributed by atoms with Crippen molar-refractivity contribution in [3.05, 3.63) is 20.8 Å². The second kappa shape index (κ2) is 8.00. The first-order valence-corrected chi connectivity index (χ1v) is 8.65. The summed E-state index contributed by atoms with van der Waals surface area (Å²) in [6, 6.07) is 2.13. The van der Waals surface area contributed by atoms with Gasteiger partial charge in [0.25, 0.3) is 0 Å². The lowest BCUT2D eigenvalue weighted by atomic mass is 10.1. The van der Waals surface area contributed by atoms with E-state index in [0.717, 1.165) is 42.5 Å². The molecule has 1 N–H and O–H groups in total. The fourth-order valence-corrected chi connectivity index (χ4v) is 3.62. The maximum Gasteiger partial charge on any atom is 0.194 e. The third kappa shape index (κ3) is 4.46. The van der Waals surface area contributed by atoms with Gasteiger partial charge in [-0.2, -0.15) is 0 Å². The van der Waals surface area contributed by atoms with E-state index in [1.165, 1.54) is 12.0 Å². The zero-order valence-electron chi connectivity index (χ0n) is 12.1. The minimum atomic E-state index is 0.624. The van der Waals surface area contributed by atoms with Gasteiger partial charge in [-0.15, -0.1) is 11.3 Å². The number of rotatable bonds is 5. The molecule has 0 amide bonds. The van der Waals surface area contributed by atoms with Gasteiger partial charge in [-0.05, 0) is 46.3 Å². The smallest absolute Gasteiger partial charge is 0.194 e. The summed E-state index contributed by atoms with van der Waals surface area (Å²) in [5.41, 5.74) is 1.25. The number of likely N-dealkylation sites (tertiary alicyclic amines) is 1. The Morgan fingerprint density at radius 1 is 1.65 bits per heavy atom. The number of hydrogen-bond acceptors (Lipinski definition) is 3. The first kappa shape index (κ1) is 15.8. The van der Waals surface area contributed by atoms with Gasteiger partial charge in [-0.1, -0.05) is 0 Å². The maximum atomic E-state index is 5.26. The molecule has 1 saturated heterocycles. The molecule has 4 nitrogen and oxygen atoms in total. The molecule has 2 heterocycles. The van der Waals surface area contributed by atoms with Crippen LogP contribution in [0.15, 0.2) is 20.2 Å². The topological polar surface area (TPSA) is 36.9 Å². The highest BCUT2D eigenvalue weighted by Crippen LogP contribution is 2.21. The van der Waals surface area contributed by atoms with Crippen molar-refractivity contribution in [1.82, 2.24) is 10.2 Å². The monoisotopic (exact) mass is 359 g/mol. The summed E-state index contributed by atoms with van der Waals surface area (Å²) in [6.45, 7) is 6.68. The van der Waals surface area contributed by atoms with Gasteiger partial charge in [0.2, 0.25) is 0 Å². The predicted octanol–water partition coefficient (Wildman–Crippen LogP) is 2.94. The lowest BCUT2D eigenvalue weighted by Crippen LogP contribution is -2.40. The Balaban J connectivity index is 1.96. The minimum Gasteiger partial charge on any atom is -0.384 e. The normalized spacial score (nSPS) is 19.6.